The lowest BCUT2D eigenvalue weighted by molar-refractivity contribution is 0.0342. The normalized spacial score (nSPS) is 14.6. The van der Waals surface area contributed by atoms with Crippen molar-refractivity contribution < 1.29 is 17.9 Å². The van der Waals surface area contributed by atoms with E-state index in [1.165, 1.54) is 18.2 Å². The lowest BCUT2D eigenvalue weighted by Gasteiger charge is -2.27. The van der Waals surface area contributed by atoms with Gasteiger partial charge in [0.25, 0.3) is 15.9 Å². The number of morpholine rings is 1. The number of amides is 1. The fourth-order valence-electron chi connectivity index (χ4n) is 3.51. The van der Waals surface area contributed by atoms with E-state index in [0.717, 1.165) is 30.9 Å². The molecular formula is C24H25N3O4S. The minimum atomic E-state index is -3.74. The van der Waals surface area contributed by atoms with Gasteiger partial charge in [-0.1, -0.05) is 42.5 Å². The maximum atomic E-state index is 12.9. The predicted octanol–water partition coefficient (Wildman–Crippen LogP) is 3.57. The van der Waals surface area contributed by atoms with Crippen LogP contribution in [0.5, 0.6) is 0 Å². The zero-order valence-corrected chi connectivity index (χ0v) is 18.3. The Hall–Kier alpha value is -3.20. The largest absolute Gasteiger partial charge is 0.379 e. The van der Waals surface area contributed by atoms with E-state index in [1.54, 1.807) is 36.4 Å². The van der Waals surface area contributed by atoms with E-state index in [1.807, 2.05) is 24.3 Å². The molecule has 3 aromatic rings. The Morgan fingerprint density at radius 3 is 2.41 bits per heavy atom. The molecule has 3 aromatic carbocycles. The molecule has 4 rings (SSSR count). The number of anilines is 2. The van der Waals surface area contributed by atoms with Crippen molar-refractivity contribution in [3.8, 4) is 0 Å². The van der Waals surface area contributed by atoms with Crippen molar-refractivity contribution in [3.63, 3.8) is 0 Å². The SMILES string of the molecule is O=C(Nc1ccccc1CN1CCOCC1)c1cccc(NS(=O)(=O)c2ccccc2)c1. The molecule has 1 heterocycles. The van der Waals surface area contributed by atoms with Crippen LogP contribution in [0.15, 0.2) is 83.8 Å². The Morgan fingerprint density at radius 2 is 1.62 bits per heavy atom. The predicted molar refractivity (Wildman–Crippen MR) is 124 cm³/mol. The maximum Gasteiger partial charge on any atom is 0.261 e. The minimum Gasteiger partial charge on any atom is -0.379 e. The lowest BCUT2D eigenvalue weighted by Crippen LogP contribution is -2.35. The summed E-state index contributed by atoms with van der Waals surface area (Å²) in [5.41, 5.74) is 2.44. The van der Waals surface area contributed by atoms with Gasteiger partial charge in [-0.3, -0.25) is 14.4 Å². The summed E-state index contributed by atoms with van der Waals surface area (Å²) in [6.07, 6.45) is 0. The van der Waals surface area contributed by atoms with Crippen LogP contribution in [0.25, 0.3) is 0 Å². The standard InChI is InChI=1S/C24H25N3O4S/c28-24(25-23-12-5-4-7-20(23)18-27-13-15-31-16-14-27)19-8-6-9-21(17-19)26-32(29,30)22-10-2-1-3-11-22/h1-12,17,26H,13-16,18H2,(H,25,28). The summed E-state index contributed by atoms with van der Waals surface area (Å²) < 4.78 is 33.1. The number of nitrogens with zero attached hydrogens (tertiary/aromatic N) is 1. The molecule has 0 atom stereocenters. The van der Waals surface area contributed by atoms with Crippen molar-refractivity contribution in [2.24, 2.45) is 0 Å². The summed E-state index contributed by atoms with van der Waals surface area (Å²) in [5, 5.41) is 2.96. The first-order valence-electron chi connectivity index (χ1n) is 10.4. The minimum absolute atomic E-state index is 0.159. The van der Waals surface area contributed by atoms with E-state index >= 15 is 0 Å². The molecule has 2 N–H and O–H groups in total. The molecule has 1 saturated heterocycles. The van der Waals surface area contributed by atoms with Crippen LogP contribution < -0.4 is 10.0 Å². The van der Waals surface area contributed by atoms with E-state index < -0.39 is 10.0 Å². The van der Waals surface area contributed by atoms with Gasteiger partial charge in [-0.25, -0.2) is 8.42 Å². The van der Waals surface area contributed by atoms with Gasteiger partial charge in [0.2, 0.25) is 0 Å². The molecule has 0 radical (unpaired) electrons. The molecule has 8 heteroatoms. The number of rotatable bonds is 7. The van der Waals surface area contributed by atoms with E-state index in [2.05, 4.69) is 14.9 Å². The second-order valence-electron chi connectivity index (χ2n) is 7.50. The fourth-order valence-corrected chi connectivity index (χ4v) is 4.58. The molecular weight excluding hydrogens is 426 g/mol. The number of benzene rings is 3. The number of sulfonamides is 1. The number of carbonyl (C=O) groups is 1. The fraction of sp³-hybridized carbons (Fsp3) is 0.208. The molecule has 0 saturated carbocycles. The highest BCUT2D eigenvalue weighted by molar-refractivity contribution is 7.92. The molecule has 166 valence electrons. The maximum absolute atomic E-state index is 12.9. The van der Waals surface area contributed by atoms with Gasteiger partial charge in [-0.05, 0) is 42.0 Å². The van der Waals surface area contributed by atoms with E-state index in [9.17, 15) is 13.2 Å². The third-order valence-electron chi connectivity index (χ3n) is 5.19. The van der Waals surface area contributed by atoms with Crippen LogP contribution in [0.4, 0.5) is 11.4 Å². The van der Waals surface area contributed by atoms with Crippen LogP contribution in [0.1, 0.15) is 15.9 Å². The molecule has 0 bridgehead atoms. The van der Waals surface area contributed by atoms with Crippen LogP contribution in [0, 0.1) is 0 Å². The third kappa shape index (κ3) is 5.53. The Balaban J connectivity index is 1.48. The topological polar surface area (TPSA) is 87.7 Å². The van der Waals surface area contributed by atoms with E-state index in [-0.39, 0.29) is 10.8 Å². The summed E-state index contributed by atoms with van der Waals surface area (Å²) in [6, 6.07) is 22.2. The highest BCUT2D eigenvalue weighted by Crippen LogP contribution is 2.21. The number of carbonyl (C=O) groups excluding carboxylic acids is 1. The number of hydrogen-bond donors (Lipinski definition) is 2. The van der Waals surface area contributed by atoms with Crippen LogP contribution in [0.2, 0.25) is 0 Å². The quantitative estimate of drug-likeness (QED) is 0.573. The van der Waals surface area contributed by atoms with Crippen molar-refractivity contribution in [2.75, 3.05) is 36.3 Å². The van der Waals surface area contributed by atoms with Gasteiger partial charge in [0.05, 0.1) is 18.1 Å². The van der Waals surface area contributed by atoms with Gasteiger partial charge in [0.15, 0.2) is 0 Å². The number of hydrogen-bond acceptors (Lipinski definition) is 5. The second-order valence-corrected chi connectivity index (χ2v) is 9.18. The molecule has 7 nitrogen and oxygen atoms in total. The molecule has 1 aliphatic rings. The van der Waals surface area contributed by atoms with E-state index in [0.29, 0.717) is 24.5 Å². The van der Waals surface area contributed by atoms with Crippen LogP contribution in [-0.2, 0) is 21.3 Å². The van der Waals surface area contributed by atoms with E-state index in [4.69, 9.17) is 4.74 Å². The lowest BCUT2D eigenvalue weighted by atomic mass is 10.1. The highest BCUT2D eigenvalue weighted by Gasteiger charge is 2.16. The first-order chi connectivity index (χ1) is 15.5. The highest BCUT2D eigenvalue weighted by atomic mass is 32.2. The average Bonchev–Trinajstić information content (AvgIpc) is 2.81. The van der Waals surface area contributed by atoms with Crippen LogP contribution in [0.3, 0.4) is 0 Å². The Morgan fingerprint density at radius 1 is 0.906 bits per heavy atom. The van der Waals surface area contributed by atoms with Crippen molar-refractivity contribution in [1.29, 1.82) is 0 Å². The van der Waals surface area contributed by atoms with Gasteiger partial charge in [-0.15, -0.1) is 0 Å². The molecule has 32 heavy (non-hydrogen) atoms. The first kappa shape index (κ1) is 22.0. The summed E-state index contributed by atoms with van der Waals surface area (Å²) >= 11 is 0. The summed E-state index contributed by atoms with van der Waals surface area (Å²) in [4.78, 5) is 15.4. The van der Waals surface area contributed by atoms with Crippen LogP contribution in [-0.4, -0.2) is 45.5 Å². The zero-order valence-electron chi connectivity index (χ0n) is 17.5. The monoisotopic (exact) mass is 451 g/mol. The number of para-hydroxylation sites is 1. The smallest absolute Gasteiger partial charge is 0.261 e. The third-order valence-corrected chi connectivity index (χ3v) is 6.59. The second kappa shape index (κ2) is 9.95. The number of ether oxygens (including phenoxy) is 1. The molecule has 0 aromatic heterocycles. The number of nitrogens with one attached hydrogen (secondary N) is 2. The Bertz CT molecular complexity index is 1180. The summed E-state index contributed by atoms with van der Waals surface area (Å²) in [5.74, 6) is -0.305. The van der Waals surface area contributed by atoms with Gasteiger partial charge in [-0.2, -0.15) is 0 Å². The molecule has 0 spiro atoms. The van der Waals surface area contributed by atoms with Gasteiger partial charge >= 0.3 is 0 Å². The molecule has 0 aliphatic carbocycles. The first-order valence-corrected chi connectivity index (χ1v) is 11.9. The van der Waals surface area contributed by atoms with Crippen molar-refractivity contribution in [2.45, 2.75) is 11.4 Å². The average molecular weight is 452 g/mol. The summed E-state index contributed by atoms with van der Waals surface area (Å²) in [7, 11) is -3.74. The van der Waals surface area contributed by atoms with Crippen molar-refractivity contribution in [3.05, 3.63) is 90.0 Å². The molecule has 1 amide bonds. The Kier molecular flexibility index (Phi) is 6.84. The Labute approximate surface area is 188 Å². The molecule has 1 fully saturated rings. The van der Waals surface area contributed by atoms with Gasteiger partial charge in [0, 0.05) is 36.6 Å². The molecule has 0 unspecified atom stereocenters. The molecule has 1 aliphatic heterocycles. The zero-order chi connectivity index (χ0) is 22.4. The van der Waals surface area contributed by atoms with Crippen LogP contribution >= 0.6 is 0 Å². The van der Waals surface area contributed by atoms with Crippen molar-refractivity contribution >= 4 is 27.3 Å². The van der Waals surface area contributed by atoms with Gasteiger partial charge < -0.3 is 10.1 Å². The van der Waals surface area contributed by atoms with Crippen molar-refractivity contribution in [1.82, 2.24) is 4.90 Å². The summed E-state index contributed by atoms with van der Waals surface area (Å²) in [6.45, 7) is 3.84. The van der Waals surface area contributed by atoms with Gasteiger partial charge in [0.1, 0.15) is 0 Å².